The Hall–Kier alpha value is -1.84. The molecule has 0 aliphatic heterocycles. The van der Waals surface area contributed by atoms with E-state index in [1.807, 2.05) is 0 Å². The molecule has 1 rings (SSSR count). The summed E-state index contributed by atoms with van der Waals surface area (Å²) in [5, 5.41) is 18.6. The van der Waals surface area contributed by atoms with Crippen LogP contribution in [0.15, 0.2) is 18.2 Å². The summed E-state index contributed by atoms with van der Waals surface area (Å²) in [4.78, 5) is 22.8. The van der Waals surface area contributed by atoms with Gasteiger partial charge in [-0.05, 0) is 30.4 Å². The highest BCUT2D eigenvalue weighted by molar-refractivity contribution is 6.02. The van der Waals surface area contributed by atoms with E-state index in [0.29, 0.717) is 5.56 Å². The summed E-state index contributed by atoms with van der Waals surface area (Å²) in [5.74, 6) is -2.22. The number of carboxylic acid groups (broad SMARTS) is 2. The minimum Gasteiger partial charge on any atom is -0.478 e. The molecule has 0 amide bonds. The van der Waals surface area contributed by atoms with Gasteiger partial charge in [-0.25, -0.2) is 9.59 Å². The fraction of sp³-hybridized carbons (Fsp3) is 0.529. The number of aromatic carboxylic acids is 2. The average molecular weight is 292 g/mol. The normalized spacial score (nSPS) is 12.1. The first kappa shape index (κ1) is 17.2. The molecular formula is C17H24O4. The lowest BCUT2D eigenvalue weighted by Gasteiger charge is -2.19. The minimum atomic E-state index is -1.18. The Morgan fingerprint density at radius 2 is 1.71 bits per heavy atom. The van der Waals surface area contributed by atoms with E-state index in [0.717, 1.165) is 38.5 Å². The summed E-state index contributed by atoms with van der Waals surface area (Å²) in [6.07, 6.45) is 6.00. The maximum Gasteiger partial charge on any atom is 0.336 e. The molecule has 1 aromatic carbocycles. The Morgan fingerprint density at radius 3 is 2.24 bits per heavy atom. The highest BCUT2D eigenvalue weighted by atomic mass is 16.4. The minimum absolute atomic E-state index is 0.0417. The molecule has 0 aromatic heterocycles. The molecule has 0 heterocycles. The van der Waals surface area contributed by atoms with Gasteiger partial charge in [0, 0.05) is 0 Å². The van der Waals surface area contributed by atoms with Gasteiger partial charge in [0.25, 0.3) is 0 Å². The van der Waals surface area contributed by atoms with Gasteiger partial charge in [0.2, 0.25) is 0 Å². The third-order valence-corrected chi connectivity index (χ3v) is 3.77. The van der Waals surface area contributed by atoms with E-state index < -0.39 is 11.9 Å². The molecule has 4 nitrogen and oxygen atoms in total. The molecule has 21 heavy (non-hydrogen) atoms. The Balaban J connectivity index is 3.20. The highest BCUT2D eigenvalue weighted by Gasteiger charge is 2.24. The van der Waals surface area contributed by atoms with Gasteiger partial charge >= 0.3 is 11.9 Å². The molecule has 4 heteroatoms. The second kappa shape index (κ2) is 8.45. The van der Waals surface area contributed by atoms with Crippen LogP contribution in [0.4, 0.5) is 0 Å². The number of carbonyl (C=O) groups is 2. The Labute approximate surface area is 125 Å². The number of unbranched alkanes of at least 4 members (excludes halogenated alkanes) is 2. The van der Waals surface area contributed by atoms with Crippen molar-refractivity contribution in [3.8, 4) is 0 Å². The van der Waals surface area contributed by atoms with Crippen LogP contribution in [-0.4, -0.2) is 22.2 Å². The third kappa shape index (κ3) is 4.59. The second-order valence-electron chi connectivity index (χ2n) is 5.36. The third-order valence-electron chi connectivity index (χ3n) is 3.77. The summed E-state index contributed by atoms with van der Waals surface area (Å²) in [6.45, 7) is 4.19. The SMILES string of the molecule is CCCCCC(CCC)c1cccc(C(=O)O)c1C(=O)O. The van der Waals surface area contributed by atoms with Gasteiger partial charge < -0.3 is 10.2 Å². The van der Waals surface area contributed by atoms with Crippen molar-refractivity contribution in [2.75, 3.05) is 0 Å². The Bertz CT molecular complexity index is 494. The first-order valence-corrected chi connectivity index (χ1v) is 7.62. The summed E-state index contributed by atoms with van der Waals surface area (Å²) < 4.78 is 0. The Kier molecular flexibility index (Phi) is 6.92. The molecular weight excluding hydrogens is 268 g/mol. The monoisotopic (exact) mass is 292 g/mol. The van der Waals surface area contributed by atoms with Crippen LogP contribution in [-0.2, 0) is 0 Å². The molecule has 0 aliphatic rings. The van der Waals surface area contributed by atoms with E-state index in [-0.39, 0.29) is 17.0 Å². The molecule has 0 fully saturated rings. The van der Waals surface area contributed by atoms with Crippen molar-refractivity contribution in [2.45, 2.75) is 58.3 Å². The zero-order valence-electron chi connectivity index (χ0n) is 12.8. The molecule has 0 saturated carbocycles. The van der Waals surface area contributed by atoms with Crippen molar-refractivity contribution < 1.29 is 19.8 Å². The summed E-state index contributed by atoms with van der Waals surface area (Å²) in [7, 11) is 0. The van der Waals surface area contributed by atoms with Crippen LogP contribution in [0.1, 0.15) is 84.6 Å². The largest absolute Gasteiger partial charge is 0.478 e. The molecule has 0 radical (unpaired) electrons. The zero-order valence-corrected chi connectivity index (χ0v) is 12.8. The molecule has 0 spiro atoms. The van der Waals surface area contributed by atoms with Gasteiger partial charge in [0.1, 0.15) is 0 Å². The van der Waals surface area contributed by atoms with Crippen LogP contribution >= 0.6 is 0 Å². The maximum atomic E-state index is 11.5. The number of hydrogen-bond donors (Lipinski definition) is 2. The zero-order chi connectivity index (χ0) is 15.8. The van der Waals surface area contributed by atoms with Gasteiger partial charge in [0.15, 0.2) is 0 Å². The second-order valence-corrected chi connectivity index (χ2v) is 5.36. The van der Waals surface area contributed by atoms with Crippen molar-refractivity contribution in [3.63, 3.8) is 0 Å². The van der Waals surface area contributed by atoms with E-state index in [2.05, 4.69) is 13.8 Å². The molecule has 0 bridgehead atoms. The maximum absolute atomic E-state index is 11.5. The lowest BCUT2D eigenvalue weighted by Crippen LogP contribution is -2.14. The predicted molar refractivity (Wildman–Crippen MR) is 82.2 cm³/mol. The van der Waals surface area contributed by atoms with Crippen molar-refractivity contribution >= 4 is 11.9 Å². The fourth-order valence-electron chi connectivity index (χ4n) is 2.77. The van der Waals surface area contributed by atoms with Crippen LogP contribution in [0.3, 0.4) is 0 Å². The fourth-order valence-corrected chi connectivity index (χ4v) is 2.77. The van der Waals surface area contributed by atoms with Gasteiger partial charge in [-0.15, -0.1) is 0 Å². The summed E-state index contributed by atoms with van der Waals surface area (Å²) >= 11 is 0. The average Bonchev–Trinajstić information content (AvgIpc) is 2.45. The molecule has 116 valence electrons. The number of hydrogen-bond acceptors (Lipinski definition) is 2. The molecule has 1 aromatic rings. The first-order chi connectivity index (χ1) is 10.0. The van der Waals surface area contributed by atoms with Gasteiger partial charge in [-0.2, -0.15) is 0 Å². The first-order valence-electron chi connectivity index (χ1n) is 7.62. The summed E-state index contributed by atoms with van der Waals surface area (Å²) in [5.41, 5.74) is 0.511. The van der Waals surface area contributed by atoms with Crippen LogP contribution < -0.4 is 0 Å². The lowest BCUT2D eigenvalue weighted by molar-refractivity contribution is 0.0650. The van der Waals surface area contributed by atoms with Gasteiger partial charge in [-0.1, -0.05) is 51.7 Å². The van der Waals surface area contributed by atoms with Gasteiger partial charge in [0.05, 0.1) is 11.1 Å². The molecule has 2 N–H and O–H groups in total. The van der Waals surface area contributed by atoms with E-state index >= 15 is 0 Å². The summed E-state index contributed by atoms with van der Waals surface area (Å²) in [6, 6.07) is 4.78. The topological polar surface area (TPSA) is 74.6 Å². The van der Waals surface area contributed by atoms with E-state index in [1.54, 1.807) is 12.1 Å². The van der Waals surface area contributed by atoms with E-state index in [4.69, 9.17) is 0 Å². The van der Waals surface area contributed by atoms with Crippen molar-refractivity contribution in [2.24, 2.45) is 0 Å². The molecule has 0 saturated heterocycles. The predicted octanol–water partition coefficient (Wildman–Crippen LogP) is 4.55. The standard InChI is InChI=1S/C17H24O4/c1-3-5-6-9-12(8-4-2)13-10-7-11-14(16(18)19)15(13)17(20)21/h7,10-12H,3-6,8-9H2,1-2H3,(H,18,19)(H,20,21). The smallest absolute Gasteiger partial charge is 0.336 e. The van der Waals surface area contributed by atoms with E-state index in [1.165, 1.54) is 6.07 Å². The molecule has 1 atom stereocenters. The number of benzene rings is 1. The van der Waals surface area contributed by atoms with Crippen molar-refractivity contribution in [1.29, 1.82) is 0 Å². The van der Waals surface area contributed by atoms with E-state index in [9.17, 15) is 19.8 Å². The molecule has 0 aliphatic carbocycles. The van der Waals surface area contributed by atoms with Crippen LogP contribution in [0.25, 0.3) is 0 Å². The van der Waals surface area contributed by atoms with Gasteiger partial charge in [-0.3, -0.25) is 0 Å². The highest BCUT2D eigenvalue weighted by Crippen LogP contribution is 2.31. The van der Waals surface area contributed by atoms with Crippen molar-refractivity contribution in [3.05, 3.63) is 34.9 Å². The molecule has 1 unspecified atom stereocenters. The Morgan fingerprint density at radius 1 is 1.00 bits per heavy atom. The number of carboxylic acids is 2. The lowest BCUT2D eigenvalue weighted by atomic mass is 9.85. The van der Waals surface area contributed by atoms with Crippen LogP contribution in [0.5, 0.6) is 0 Å². The number of rotatable bonds is 9. The quantitative estimate of drug-likeness (QED) is 0.655. The van der Waals surface area contributed by atoms with Crippen LogP contribution in [0, 0.1) is 0 Å². The van der Waals surface area contributed by atoms with Crippen molar-refractivity contribution in [1.82, 2.24) is 0 Å². The van der Waals surface area contributed by atoms with Crippen LogP contribution in [0.2, 0.25) is 0 Å².